The van der Waals surface area contributed by atoms with E-state index in [9.17, 15) is 5.26 Å². The summed E-state index contributed by atoms with van der Waals surface area (Å²) in [6.07, 6.45) is 0.889. The minimum atomic E-state index is -0.382. The molecule has 0 saturated heterocycles. The van der Waals surface area contributed by atoms with Gasteiger partial charge >= 0.3 is 0 Å². The SMILES string of the molecule is COc1cc(C)c(C2(C#N)CC2(C)C)cc1Cl. The summed E-state index contributed by atoms with van der Waals surface area (Å²) in [5.74, 6) is 0.666. The van der Waals surface area contributed by atoms with Crippen molar-refractivity contribution >= 4 is 11.6 Å². The lowest BCUT2D eigenvalue weighted by molar-refractivity contribution is 0.414. The molecule has 1 saturated carbocycles. The molecule has 0 aromatic heterocycles. The minimum Gasteiger partial charge on any atom is -0.495 e. The Hall–Kier alpha value is -1.20. The van der Waals surface area contributed by atoms with E-state index < -0.39 is 0 Å². The molecule has 0 bridgehead atoms. The van der Waals surface area contributed by atoms with Gasteiger partial charge in [-0.15, -0.1) is 0 Å². The average molecular weight is 250 g/mol. The highest BCUT2D eigenvalue weighted by atomic mass is 35.5. The molecule has 0 heterocycles. The first-order valence-electron chi connectivity index (χ1n) is 5.64. The molecule has 1 fully saturated rings. The second kappa shape index (κ2) is 3.65. The molecule has 1 aromatic rings. The highest BCUT2D eigenvalue weighted by Gasteiger charge is 2.63. The van der Waals surface area contributed by atoms with Gasteiger partial charge in [-0.3, -0.25) is 0 Å². The summed E-state index contributed by atoms with van der Waals surface area (Å²) >= 11 is 6.15. The highest BCUT2D eigenvalue weighted by molar-refractivity contribution is 6.32. The molecule has 0 radical (unpaired) electrons. The van der Waals surface area contributed by atoms with E-state index in [0.29, 0.717) is 10.8 Å². The lowest BCUT2D eigenvalue weighted by atomic mass is 9.86. The van der Waals surface area contributed by atoms with Crippen LogP contribution in [0.5, 0.6) is 5.75 Å². The summed E-state index contributed by atoms with van der Waals surface area (Å²) < 4.78 is 5.18. The van der Waals surface area contributed by atoms with Gasteiger partial charge in [-0.2, -0.15) is 5.26 Å². The van der Waals surface area contributed by atoms with Gasteiger partial charge in [0.1, 0.15) is 5.75 Å². The number of hydrogen-bond acceptors (Lipinski definition) is 2. The number of benzene rings is 1. The number of hydrogen-bond donors (Lipinski definition) is 0. The number of nitrogens with zero attached hydrogens (tertiary/aromatic N) is 1. The van der Waals surface area contributed by atoms with Crippen LogP contribution in [0.25, 0.3) is 0 Å². The molecule has 0 aliphatic heterocycles. The quantitative estimate of drug-likeness (QED) is 0.798. The number of nitriles is 1. The summed E-state index contributed by atoms with van der Waals surface area (Å²) in [6.45, 7) is 6.24. The molecular weight excluding hydrogens is 234 g/mol. The van der Waals surface area contributed by atoms with Crippen LogP contribution >= 0.6 is 11.6 Å². The summed E-state index contributed by atoms with van der Waals surface area (Å²) in [7, 11) is 1.60. The van der Waals surface area contributed by atoms with Crippen molar-refractivity contribution in [2.75, 3.05) is 7.11 Å². The van der Waals surface area contributed by atoms with Gasteiger partial charge < -0.3 is 4.74 Å². The van der Waals surface area contributed by atoms with Gasteiger partial charge in [0.05, 0.1) is 23.6 Å². The fourth-order valence-electron chi connectivity index (χ4n) is 2.60. The Morgan fingerprint density at radius 3 is 2.41 bits per heavy atom. The molecule has 2 rings (SSSR count). The van der Waals surface area contributed by atoms with Gasteiger partial charge in [0.25, 0.3) is 0 Å². The molecular formula is C14H16ClNO. The van der Waals surface area contributed by atoms with Crippen LogP contribution in [-0.4, -0.2) is 7.11 Å². The second-order valence-electron chi connectivity index (χ2n) is 5.38. The zero-order valence-corrected chi connectivity index (χ0v) is 11.4. The first-order valence-corrected chi connectivity index (χ1v) is 6.01. The molecule has 1 unspecified atom stereocenters. The Balaban J connectivity index is 2.56. The number of halogens is 1. The minimum absolute atomic E-state index is 0.0322. The van der Waals surface area contributed by atoms with Crippen molar-refractivity contribution in [3.63, 3.8) is 0 Å². The summed E-state index contributed by atoms with van der Waals surface area (Å²) in [5.41, 5.74) is 1.76. The van der Waals surface area contributed by atoms with Gasteiger partial charge in [-0.05, 0) is 42.0 Å². The van der Waals surface area contributed by atoms with Crippen LogP contribution in [0.15, 0.2) is 12.1 Å². The Kier molecular flexibility index (Phi) is 2.63. The lowest BCUT2D eigenvalue weighted by Crippen LogP contribution is -2.13. The van der Waals surface area contributed by atoms with Crippen LogP contribution in [0.2, 0.25) is 5.02 Å². The monoisotopic (exact) mass is 249 g/mol. The van der Waals surface area contributed by atoms with Crippen LogP contribution in [0.3, 0.4) is 0 Å². The van der Waals surface area contributed by atoms with Crippen molar-refractivity contribution < 1.29 is 4.74 Å². The molecule has 3 heteroatoms. The Morgan fingerprint density at radius 1 is 1.41 bits per heavy atom. The van der Waals surface area contributed by atoms with Crippen LogP contribution < -0.4 is 4.74 Å². The van der Waals surface area contributed by atoms with Crippen LogP contribution in [0.4, 0.5) is 0 Å². The smallest absolute Gasteiger partial charge is 0.137 e. The molecule has 0 N–H and O–H groups in total. The van der Waals surface area contributed by atoms with Crippen LogP contribution in [0.1, 0.15) is 31.4 Å². The van der Waals surface area contributed by atoms with Gasteiger partial charge in [-0.1, -0.05) is 25.4 Å². The van der Waals surface area contributed by atoms with E-state index >= 15 is 0 Å². The van der Waals surface area contributed by atoms with Crippen molar-refractivity contribution in [1.29, 1.82) is 5.26 Å². The standard InChI is InChI=1S/C14H16ClNO/c1-9-5-12(17-4)11(15)6-10(9)14(8-16)7-13(14,2)3/h5-6H,7H2,1-4H3. The predicted octanol–water partition coefficient (Wildman–Crippen LogP) is 3.85. The maximum atomic E-state index is 9.46. The van der Waals surface area contributed by atoms with Gasteiger partial charge in [0, 0.05) is 0 Å². The molecule has 1 aliphatic rings. The summed E-state index contributed by atoms with van der Waals surface area (Å²) in [6, 6.07) is 6.26. The molecule has 2 nitrogen and oxygen atoms in total. The van der Waals surface area contributed by atoms with E-state index in [2.05, 4.69) is 19.9 Å². The Morgan fingerprint density at radius 2 is 2.00 bits per heavy atom. The lowest BCUT2D eigenvalue weighted by Gasteiger charge is -2.17. The van der Waals surface area contributed by atoms with Crippen molar-refractivity contribution in [2.24, 2.45) is 5.41 Å². The molecule has 0 spiro atoms. The van der Waals surface area contributed by atoms with Crippen molar-refractivity contribution in [3.8, 4) is 11.8 Å². The fourth-order valence-corrected chi connectivity index (χ4v) is 2.84. The van der Waals surface area contributed by atoms with E-state index in [-0.39, 0.29) is 10.8 Å². The molecule has 17 heavy (non-hydrogen) atoms. The first kappa shape index (κ1) is 12.3. The van der Waals surface area contributed by atoms with Gasteiger partial charge in [0.2, 0.25) is 0 Å². The van der Waals surface area contributed by atoms with Gasteiger partial charge in [-0.25, -0.2) is 0 Å². The van der Waals surface area contributed by atoms with Gasteiger partial charge in [0.15, 0.2) is 0 Å². The second-order valence-corrected chi connectivity index (χ2v) is 5.79. The van der Waals surface area contributed by atoms with Crippen molar-refractivity contribution in [3.05, 3.63) is 28.3 Å². The predicted molar refractivity (Wildman–Crippen MR) is 68.4 cm³/mol. The third-order valence-electron chi connectivity index (χ3n) is 3.89. The van der Waals surface area contributed by atoms with E-state index in [1.807, 2.05) is 19.1 Å². The summed E-state index contributed by atoms with van der Waals surface area (Å²) in [5, 5.41) is 10.0. The van der Waals surface area contributed by atoms with E-state index in [0.717, 1.165) is 17.5 Å². The number of methoxy groups -OCH3 is 1. The number of aryl methyl sites for hydroxylation is 1. The molecule has 0 amide bonds. The fraction of sp³-hybridized carbons (Fsp3) is 0.500. The molecule has 1 atom stereocenters. The highest BCUT2D eigenvalue weighted by Crippen LogP contribution is 2.64. The number of ether oxygens (including phenoxy) is 1. The largest absolute Gasteiger partial charge is 0.495 e. The third-order valence-corrected chi connectivity index (χ3v) is 4.18. The Labute approximate surface area is 107 Å². The maximum absolute atomic E-state index is 9.46. The topological polar surface area (TPSA) is 33.0 Å². The summed E-state index contributed by atoms with van der Waals surface area (Å²) in [4.78, 5) is 0. The van der Waals surface area contributed by atoms with E-state index in [4.69, 9.17) is 16.3 Å². The average Bonchev–Trinajstić information content (AvgIpc) is 2.85. The van der Waals surface area contributed by atoms with E-state index in [1.54, 1.807) is 7.11 Å². The van der Waals surface area contributed by atoms with E-state index in [1.165, 1.54) is 0 Å². The molecule has 1 aliphatic carbocycles. The van der Waals surface area contributed by atoms with Crippen molar-refractivity contribution in [1.82, 2.24) is 0 Å². The molecule has 1 aromatic carbocycles. The third kappa shape index (κ3) is 1.61. The Bertz CT molecular complexity index is 516. The zero-order chi connectivity index (χ0) is 12.8. The zero-order valence-electron chi connectivity index (χ0n) is 10.6. The van der Waals surface area contributed by atoms with Crippen molar-refractivity contribution in [2.45, 2.75) is 32.6 Å². The van der Waals surface area contributed by atoms with Crippen LogP contribution in [-0.2, 0) is 5.41 Å². The first-order chi connectivity index (χ1) is 7.88. The number of rotatable bonds is 2. The maximum Gasteiger partial charge on any atom is 0.137 e. The normalized spacial score (nSPS) is 25.2. The molecule has 90 valence electrons. The van der Waals surface area contributed by atoms with Crippen LogP contribution in [0, 0.1) is 23.7 Å².